The topological polar surface area (TPSA) is 103 Å². The van der Waals surface area contributed by atoms with Gasteiger partial charge in [0, 0.05) is 17.4 Å². The Morgan fingerprint density at radius 1 is 0.969 bits per heavy atom. The van der Waals surface area contributed by atoms with Crippen LogP contribution in [0.15, 0.2) is 71.9 Å². The van der Waals surface area contributed by atoms with E-state index in [2.05, 4.69) is 19.7 Å². The van der Waals surface area contributed by atoms with E-state index in [0.717, 1.165) is 0 Å². The Kier molecular flexibility index (Phi) is 6.38. The number of aromatic nitrogens is 3. The fourth-order valence-corrected chi connectivity index (χ4v) is 4.51. The van der Waals surface area contributed by atoms with E-state index < -0.39 is 10.0 Å². The van der Waals surface area contributed by atoms with Crippen molar-refractivity contribution in [1.29, 1.82) is 0 Å². The van der Waals surface area contributed by atoms with Gasteiger partial charge >= 0.3 is 0 Å². The molecule has 2 aromatic carbocycles. The van der Waals surface area contributed by atoms with Gasteiger partial charge < -0.3 is 9.47 Å². The van der Waals surface area contributed by atoms with Crippen molar-refractivity contribution in [3.05, 3.63) is 77.6 Å². The first-order valence-electron chi connectivity index (χ1n) is 9.64. The number of para-hydroxylation sites is 1. The highest BCUT2D eigenvalue weighted by atomic mass is 35.5. The molecular weight excluding hydrogens is 452 g/mol. The van der Waals surface area contributed by atoms with Gasteiger partial charge in [-0.2, -0.15) is 4.98 Å². The van der Waals surface area contributed by atoms with E-state index in [9.17, 15) is 8.42 Å². The van der Waals surface area contributed by atoms with Gasteiger partial charge in [-0.1, -0.05) is 35.9 Å². The van der Waals surface area contributed by atoms with Crippen molar-refractivity contribution in [3.63, 3.8) is 0 Å². The standard InChI is InChI=1S/C22H19ClN4O4S/c1-15-17(23)8-5-9-20(15)32(28,29)27-19-14-18-21(25-11-10-24-18)26-22(19)31-13-12-30-16-6-3-2-4-7-16/h2-11,14,27H,12-13H2,1H3. The third-order valence-electron chi connectivity index (χ3n) is 4.51. The number of nitrogens with one attached hydrogen (secondary N) is 1. The first-order chi connectivity index (χ1) is 15.4. The maximum Gasteiger partial charge on any atom is 0.262 e. The summed E-state index contributed by atoms with van der Waals surface area (Å²) in [4.78, 5) is 12.7. The number of pyridine rings is 1. The van der Waals surface area contributed by atoms with Crippen LogP contribution in [0, 0.1) is 6.92 Å². The molecule has 4 rings (SSSR count). The quantitative estimate of drug-likeness (QED) is 0.384. The summed E-state index contributed by atoms with van der Waals surface area (Å²) in [5.74, 6) is 0.767. The zero-order valence-corrected chi connectivity index (χ0v) is 18.6. The number of benzene rings is 2. The molecule has 2 heterocycles. The van der Waals surface area contributed by atoms with Crippen LogP contribution in [0.1, 0.15) is 5.56 Å². The largest absolute Gasteiger partial charge is 0.490 e. The average Bonchev–Trinajstić information content (AvgIpc) is 2.79. The molecule has 0 fully saturated rings. The van der Waals surface area contributed by atoms with Crippen LogP contribution in [0.3, 0.4) is 0 Å². The van der Waals surface area contributed by atoms with Gasteiger partial charge in [0.15, 0.2) is 5.65 Å². The van der Waals surface area contributed by atoms with Crippen molar-refractivity contribution in [3.8, 4) is 11.6 Å². The number of fused-ring (bicyclic) bond motifs is 1. The summed E-state index contributed by atoms with van der Waals surface area (Å²) in [5, 5.41) is 0.352. The Morgan fingerprint density at radius 3 is 2.53 bits per heavy atom. The molecule has 2 aromatic heterocycles. The molecule has 0 radical (unpaired) electrons. The lowest BCUT2D eigenvalue weighted by molar-refractivity contribution is 0.213. The number of hydrogen-bond donors (Lipinski definition) is 1. The lowest BCUT2D eigenvalue weighted by atomic mass is 10.2. The van der Waals surface area contributed by atoms with Crippen molar-refractivity contribution in [1.82, 2.24) is 15.0 Å². The molecule has 0 aliphatic heterocycles. The summed E-state index contributed by atoms with van der Waals surface area (Å²) in [6, 6.07) is 15.5. The Hall–Kier alpha value is -3.43. The molecule has 8 nitrogen and oxygen atoms in total. The number of hydrogen-bond acceptors (Lipinski definition) is 7. The minimum Gasteiger partial charge on any atom is -0.490 e. The van der Waals surface area contributed by atoms with E-state index in [0.29, 0.717) is 27.5 Å². The van der Waals surface area contributed by atoms with Crippen LogP contribution in [0.5, 0.6) is 11.6 Å². The number of rotatable bonds is 8. The second-order valence-electron chi connectivity index (χ2n) is 6.72. The molecule has 4 aromatic rings. The fourth-order valence-electron chi connectivity index (χ4n) is 2.96. The molecule has 0 amide bonds. The zero-order valence-electron chi connectivity index (χ0n) is 17.0. The summed E-state index contributed by atoms with van der Waals surface area (Å²) in [6.07, 6.45) is 2.99. The smallest absolute Gasteiger partial charge is 0.262 e. The monoisotopic (exact) mass is 470 g/mol. The summed E-state index contributed by atoms with van der Waals surface area (Å²) in [6.45, 7) is 2.02. The maximum atomic E-state index is 13.1. The minimum absolute atomic E-state index is 0.0580. The lowest BCUT2D eigenvalue weighted by Crippen LogP contribution is -2.17. The molecule has 0 unspecified atom stereocenters. The normalized spacial score (nSPS) is 11.3. The molecule has 0 atom stereocenters. The van der Waals surface area contributed by atoms with Crippen LogP contribution in [0.25, 0.3) is 11.2 Å². The molecule has 0 aliphatic carbocycles. The minimum atomic E-state index is -3.97. The van der Waals surface area contributed by atoms with E-state index in [-0.39, 0.29) is 29.7 Å². The van der Waals surface area contributed by atoms with Crippen molar-refractivity contribution in [2.24, 2.45) is 0 Å². The number of ether oxygens (including phenoxy) is 2. The average molecular weight is 471 g/mol. The summed E-state index contributed by atoms with van der Waals surface area (Å²) in [7, 11) is -3.97. The van der Waals surface area contributed by atoms with Gasteiger partial charge in [-0.15, -0.1) is 0 Å². The third-order valence-corrected chi connectivity index (χ3v) is 6.43. The number of halogens is 1. The van der Waals surface area contributed by atoms with Gasteiger partial charge in [-0.05, 0) is 42.8 Å². The van der Waals surface area contributed by atoms with Crippen LogP contribution in [-0.4, -0.2) is 36.6 Å². The van der Waals surface area contributed by atoms with E-state index in [4.69, 9.17) is 21.1 Å². The van der Waals surface area contributed by atoms with Gasteiger partial charge in [0.05, 0.1) is 4.90 Å². The molecule has 0 bridgehead atoms. The Morgan fingerprint density at radius 2 is 1.72 bits per heavy atom. The third kappa shape index (κ3) is 4.90. The van der Waals surface area contributed by atoms with E-state index in [1.165, 1.54) is 24.5 Å². The van der Waals surface area contributed by atoms with Crippen LogP contribution < -0.4 is 14.2 Å². The molecule has 0 saturated carbocycles. The van der Waals surface area contributed by atoms with Crippen LogP contribution >= 0.6 is 11.6 Å². The van der Waals surface area contributed by atoms with Gasteiger partial charge in [-0.25, -0.2) is 13.4 Å². The fraction of sp³-hybridized carbons (Fsp3) is 0.136. The van der Waals surface area contributed by atoms with Gasteiger partial charge in [0.2, 0.25) is 5.88 Å². The number of anilines is 1. The predicted octanol–water partition coefficient (Wildman–Crippen LogP) is 4.25. The molecule has 32 heavy (non-hydrogen) atoms. The van der Waals surface area contributed by atoms with E-state index in [1.54, 1.807) is 19.1 Å². The van der Waals surface area contributed by atoms with Crippen molar-refractivity contribution >= 4 is 38.5 Å². The Labute approximate surface area is 190 Å². The summed E-state index contributed by atoms with van der Waals surface area (Å²) in [5.41, 5.74) is 1.32. The highest BCUT2D eigenvalue weighted by Gasteiger charge is 2.21. The Bertz CT molecular complexity index is 1350. The maximum absolute atomic E-state index is 13.1. The molecule has 0 saturated heterocycles. The van der Waals surface area contributed by atoms with Gasteiger partial charge in [0.1, 0.15) is 30.2 Å². The second kappa shape index (κ2) is 9.37. The second-order valence-corrected chi connectivity index (χ2v) is 8.78. The van der Waals surface area contributed by atoms with Crippen LogP contribution in [0.4, 0.5) is 5.69 Å². The summed E-state index contributed by atoms with van der Waals surface area (Å²) < 4.78 is 40.0. The van der Waals surface area contributed by atoms with Gasteiger partial charge in [-0.3, -0.25) is 9.71 Å². The highest BCUT2D eigenvalue weighted by Crippen LogP contribution is 2.30. The zero-order chi connectivity index (χ0) is 22.6. The number of nitrogens with zero attached hydrogens (tertiary/aromatic N) is 3. The Balaban J connectivity index is 1.60. The number of sulfonamides is 1. The summed E-state index contributed by atoms with van der Waals surface area (Å²) >= 11 is 6.11. The molecule has 1 N–H and O–H groups in total. The van der Waals surface area contributed by atoms with Crippen molar-refractivity contribution in [2.75, 3.05) is 17.9 Å². The van der Waals surface area contributed by atoms with Crippen molar-refractivity contribution < 1.29 is 17.9 Å². The van der Waals surface area contributed by atoms with Crippen molar-refractivity contribution in [2.45, 2.75) is 11.8 Å². The van der Waals surface area contributed by atoms with E-state index >= 15 is 0 Å². The molecular formula is C22H19ClN4O4S. The van der Waals surface area contributed by atoms with Crippen LogP contribution in [-0.2, 0) is 10.0 Å². The molecule has 0 spiro atoms. The lowest BCUT2D eigenvalue weighted by Gasteiger charge is -2.15. The van der Waals surface area contributed by atoms with Crippen LogP contribution in [0.2, 0.25) is 5.02 Å². The highest BCUT2D eigenvalue weighted by molar-refractivity contribution is 7.92. The molecule has 10 heteroatoms. The predicted molar refractivity (Wildman–Crippen MR) is 122 cm³/mol. The van der Waals surface area contributed by atoms with E-state index in [1.807, 2.05) is 30.3 Å². The first-order valence-corrected chi connectivity index (χ1v) is 11.5. The molecule has 0 aliphatic rings. The van der Waals surface area contributed by atoms with Gasteiger partial charge in [0.25, 0.3) is 10.0 Å². The molecule has 164 valence electrons. The SMILES string of the molecule is Cc1c(Cl)cccc1S(=O)(=O)Nc1cc2nccnc2nc1OCCOc1ccccc1. The first kappa shape index (κ1) is 21.8.